The van der Waals surface area contributed by atoms with Crippen molar-refractivity contribution in [2.75, 3.05) is 13.1 Å². The highest BCUT2D eigenvalue weighted by Crippen LogP contribution is 2.36. The van der Waals surface area contributed by atoms with E-state index in [1.165, 1.54) is 38.5 Å². The molecule has 3 fully saturated rings. The summed E-state index contributed by atoms with van der Waals surface area (Å²) in [6, 6.07) is 1.34. The molecule has 0 N–H and O–H groups in total. The maximum atomic E-state index is 13.0. The van der Waals surface area contributed by atoms with Gasteiger partial charge in [-0.1, -0.05) is 27.7 Å². The lowest BCUT2D eigenvalue weighted by Crippen LogP contribution is -2.46. The summed E-state index contributed by atoms with van der Waals surface area (Å²) in [6.07, 6.45) is 7.51. The minimum Gasteiger partial charge on any atom is -0.320 e. The van der Waals surface area contributed by atoms with Crippen LogP contribution in [0.3, 0.4) is 0 Å². The molecule has 22 heavy (non-hydrogen) atoms. The Morgan fingerprint density at radius 2 is 0.955 bits per heavy atom. The fourth-order valence-electron chi connectivity index (χ4n) is 5.57. The molecule has 3 aliphatic rings. The summed E-state index contributed by atoms with van der Waals surface area (Å²) < 4.78 is 0. The van der Waals surface area contributed by atoms with Crippen molar-refractivity contribution in [2.45, 2.75) is 78.3 Å². The van der Waals surface area contributed by atoms with Crippen molar-refractivity contribution in [3.05, 3.63) is 0 Å². The van der Waals surface area contributed by atoms with Crippen LogP contribution in [-0.4, -0.2) is 41.0 Å². The number of nitrogens with zero attached hydrogens (tertiary/aromatic N) is 2. The van der Waals surface area contributed by atoms with Crippen LogP contribution in [0.5, 0.6) is 0 Å². The van der Waals surface area contributed by atoms with Gasteiger partial charge in [0.05, 0.1) is 0 Å². The van der Waals surface area contributed by atoms with E-state index < -0.39 is 0 Å². The Kier molecular flexibility index (Phi) is 4.70. The van der Waals surface area contributed by atoms with Crippen LogP contribution in [0, 0.1) is 23.7 Å². The number of hydrogen-bond acceptors (Lipinski definition) is 1. The highest BCUT2D eigenvalue weighted by Gasteiger charge is 2.41. The average Bonchev–Trinajstić information content (AvgIpc) is 2.78. The number of carbonyl (C=O) groups is 1. The summed E-state index contributed by atoms with van der Waals surface area (Å²) in [6.45, 7) is 11.3. The van der Waals surface area contributed by atoms with E-state index in [9.17, 15) is 4.79 Å². The largest absolute Gasteiger partial charge is 0.320 e. The van der Waals surface area contributed by atoms with Crippen LogP contribution in [0.25, 0.3) is 0 Å². The molecular formula is C19H34N2O. The lowest BCUT2D eigenvalue weighted by molar-refractivity contribution is 0.114. The van der Waals surface area contributed by atoms with Crippen LogP contribution in [0.1, 0.15) is 66.2 Å². The quantitative estimate of drug-likeness (QED) is 0.743. The Balaban J connectivity index is 1.64. The molecule has 4 unspecified atom stereocenters. The normalized spacial score (nSPS) is 43.7. The molecule has 2 saturated carbocycles. The second-order valence-corrected chi connectivity index (χ2v) is 8.81. The third kappa shape index (κ3) is 3.28. The van der Waals surface area contributed by atoms with Gasteiger partial charge in [0, 0.05) is 25.2 Å². The van der Waals surface area contributed by atoms with Gasteiger partial charge in [0.25, 0.3) is 0 Å². The lowest BCUT2D eigenvalue weighted by Gasteiger charge is -2.39. The summed E-state index contributed by atoms with van der Waals surface area (Å²) >= 11 is 0. The first-order valence-corrected chi connectivity index (χ1v) is 9.51. The van der Waals surface area contributed by atoms with E-state index in [4.69, 9.17) is 0 Å². The third-order valence-corrected chi connectivity index (χ3v) is 6.26. The second-order valence-electron chi connectivity index (χ2n) is 8.81. The van der Waals surface area contributed by atoms with Gasteiger partial charge in [-0.25, -0.2) is 4.79 Å². The zero-order valence-corrected chi connectivity index (χ0v) is 14.9. The summed E-state index contributed by atoms with van der Waals surface area (Å²) in [7, 11) is 0. The van der Waals surface area contributed by atoms with Crippen LogP contribution in [0.15, 0.2) is 0 Å². The van der Waals surface area contributed by atoms with Crippen LogP contribution < -0.4 is 0 Å². The average molecular weight is 306 g/mol. The predicted molar refractivity (Wildman–Crippen MR) is 90.7 cm³/mol. The maximum absolute atomic E-state index is 13.0. The van der Waals surface area contributed by atoms with Gasteiger partial charge in [0.15, 0.2) is 0 Å². The van der Waals surface area contributed by atoms with Crippen LogP contribution >= 0.6 is 0 Å². The second kappa shape index (κ2) is 6.41. The fraction of sp³-hybridized carbons (Fsp3) is 0.947. The van der Waals surface area contributed by atoms with Crippen molar-refractivity contribution in [1.82, 2.24) is 9.80 Å². The van der Waals surface area contributed by atoms with E-state index in [2.05, 4.69) is 37.5 Å². The highest BCUT2D eigenvalue weighted by molar-refractivity contribution is 5.77. The van der Waals surface area contributed by atoms with Gasteiger partial charge in [0.1, 0.15) is 0 Å². The molecular weight excluding hydrogens is 272 g/mol. The molecule has 2 aliphatic carbocycles. The Bertz CT molecular complexity index is 354. The van der Waals surface area contributed by atoms with Gasteiger partial charge >= 0.3 is 6.03 Å². The first-order chi connectivity index (χ1) is 10.4. The third-order valence-electron chi connectivity index (χ3n) is 6.26. The molecule has 0 aromatic carbocycles. The van der Waals surface area contributed by atoms with Crippen molar-refractivity contribution in [1.29, 1.82) is 0 Å². The molecule has 0 bridgehead atoms. The molecule has 2 amide bonds. The summed E-state index contributed by atoms with van der Waals surface area (Å²) in [5.41, 5.74) is 0. The Morgan fingerprint density at radius 3 is 1.27 bits per heavy atom. The summed E-state index contributed by atoms with van der Waals surface area (Å²) in [4.78, 5) is 17.4. The van der Waals surface area contributed by atoms with Gasteiger partial charge in [0.2, 0.25) is 0 Å². The molecule has 3 nitrogen and oxygen atoms in total. The van der Waals surface area contributed by atoms with E-state index in [0.29, 0.717) is 18.1 Å². The van der Waals surface area contributed by atoms with E-state index in [1.807, 2.05) is 0 Å². The van der Waals surface area contributed by atoms with Gasteiger partial charge in [-0.15, -0.1) is 0 Å². The molecule has 3 heteroatoms. The number of rotatable bonds is 2. The van der Waals surface area contributed by atoms with E-state index in [0.717, 1.165) is 36.8 Å². The molecule has 0 aromatic heterocycles. The van der Waals surface area contributed by atoms with E-state index in [-0.39, 0.29) is 0 Å². The summed E-state index contributed by atoms with van der Waals surface area (Å²) in [5, 5.41) is 0. The lowest BCUT2D eigenvalue weighted by atomic mass is 9.79. The molecule has 4 atom stereocenters. The molecule has 1 saturated heterocycles. The number of hydrogen-bond donors (Lipinski definition) is 0. The zero-order valence-electron chi connectivity index (χ0n) is 14.9. The monoisotopic (exact) mass is 306 g/mol. The summed E-state index contributed by atoms with van der Waals surface area (Å²) in [5.74, 6) is 3.08. The molecule has 1 aliphatic heterocycles. The van der Waals surface area contributed by atoms with E-state index >= 15 is 0 Å². The number of amides is 2. The van der Waals surface area contributed by atoms with Crippen LogP contribution in [0.2, 0.25) is 0 Å². The zero-order chi connectivity index (χ0) is 15.9. The molecule has 0 aromatic rings. The number of carbonyl (C=O) groups excluding carboxylic acids is 1. The fourth-order valence-corrected chi connectivity index (χ4v) is 5.57. The van der Waals surface area contributed by atoms with Gasteiger partial charge in [-0.3, -0.25) is 0 Å². The van der Waals surface area contributed by atoms with Crippen molar-refractivity contribution < 1.29 is 4.79 Å². The van der Waals surface area contributed by atoms with Crippen molar-refractivity contribution >= 4 is 6.03 Å². The standard InChI is InChI=1S/C19H34N2O/c1-13-7-14(2)10-17(9-13)20-5-6-21(19(20)22)18-11-15(3)8-16(4)12-18/h13-18H,5-12H2,1-4H3. The van der Waals surface area contributed by atoms with Crippen molar-refractivity contribution in [2.24, 2.45) is 23.7 Å². The SMILES string of the molecule is CC1CC(C)CC(N2CCN(C3CC(C)CC(C)C3)C2=O)C1. The van der Waals surface area contributed by atoms with Gasteiger partial charge in [-0.2, -0.15) is 0 Å². The number of urea groups is 1. The van der Waals surface area contributed by atoms with E-state index in [1.54, 1.807) is 0 Å². The molecule has 3 rings (SSSR count). The maximum Gasteiger partial charge on any atom is 0.320 e. The first kappa shape index (κ1) is 16.1. The minimum absolute atomic E-state index is 0.345. The Morgan fingerprint density at radius 1 is 0.636 bits per heavy atom. The highest BCUT2D eigenvalue weighted by atomic mass is 16.2. The molecule has 126 valence electrons. The Hall–Kier alpha value is -0.730. The molecule has 0 radical (unpaired) electrons. The Labute approximate surface area is 136 Å². The van der Waals surface area contributed by atoms with Gasteiger partial charge in [-0.05, 0) is 62.2 Å². The molecule has 1 heterocycles. The van der Waals surface area contributed by atoms with Gasteiger partial charge < -0.3 is 9.80 Å². The smallest absolute Gasteiger partial charge is 0.320 e. The van der Waals surface area contributed by atoms with Crippen LogP contribution in [0.4, 0.5) is 4.79 Å². The topological polar surface area (TPSA) is 23.6 Å². The predicted octanol–water partition coefficient (Wildman–Crippen LogP) is 4.37. The van der Waals surface area contributed by atoms with Crippen molar-refractivity contribution in [3.8, 4) is 0 Å². The van der Waals surface area contributed by atoms with Crippen LogP contribution in [-0.2, 0) is 0 Å². The molecule has 0 spiro atoms. The first-order valence-electron chi connectivity index (χ1n) is 9.51. The minimum atomic E-state index is 0.345. The van der Waals surface area contributed by atoms with Crippen molar-refractivity contribution in [3.63, 3.8) is 0 Å².